The summed E-state index contributed by atoms with van der Waals surface area (Å²) in [5.74, 6) is 0. The Balaban J connectivity index is 2.91. The van der Waals surface area contributed by atoms with Gasteiger partial charge in [0.05, 0.1) is 5.39 Å². The molecule has 0 aliphatic rings. The molecule has 2 heteroatoms. The second-order valence-corrected chi connectivity index (χ2v) is 2.83. The van der Waals surface area contributed by atoms with Crippen molar-refractivity contribution in [3.8, 4) is 0 Å². The fraction of sp³-hybridized carbons (Fsp3) is 0.100. The summed E-state index contributed by atoms with van der Waals surface area (Å²) in [6, 6.07) is 9.88. The first-order valence-electron chi connectivity index (χ1n) is 3.88. The molecular weight excluding hydrogens is 150 g/mol. The average molecular weight is 160 g/mol. The van der Waals surface area contributed by atoms with E-state index in [0.29, 0.717) is 0 Å². The standard InChI is InChI=1S/C10H10NO/c1-8-10-5-3-2-4-9(10)6-7-11(8)12/h2-7,12H,1H3/q+1. The molecule has 0 aliphatic heterocycles. The maximum atomic E-state index is 9.33. The molecule has 1 aromatic carbocycles. The van der Waals surface area contributed by atoms with Crippen LogP contribution in [0.25, 0.3) is 10.8 Å². The lowest BCUT2D eigenvalue weighted by molar-refractivity contribution is -0.907. The minimum Gasteiger partial charge on any atom is -0.285 e. The van der Waals surface area contributed by atoms with E-state index in [1.54, 1.807) is 6.20 Å². The Morgan fingerprint density at radius 2 is 1.92 bits per heavy atom. The van der Waals surface area contributed by atoms with Gasteiger partial charge >= 0.3 is 0 Å². The van der Waals surface area contributed by atoms with Gasteiger partial charge in [-0.1, -0.05) is 18.2 Å². The second kappa shape index (κ2) is 2.48. The Kier molecular flexibility index (Phi) is 1.47. The summed E-state index contributed by atoms with van der Waals surface area (Å²) in [4.78, 5) is 0. The second-order valence-electron chi connectivity index (χ2n) is 2.83. The zero-order chi connectivity index (χ0) is 8.55. The van der Waals surface area contributed by atoms with Crippen LogP contribution in [0.2, 0.25) is 0 Å². The van der Waals surface area contributed by atoms with E-state index in [0.717, 1.165) is 21.2 Å². The monoisotopic (exact) mass is 160 g/mol. The first-order chi connectivity index (χ1) is 5.79. The summed E-state index contributed by atoms with van der Waals surface area (Å²) < 4.78 is 1.14. The van der Waals surface area contributed by atoms with Crippen LogP contribution < -0.4 is 4.73 Å². The first-order valence-corrected chi connectivity index (χ1v) is 3.88. The molecule has 0 fully saturated rings. The topological polar surface area (TPSA) is 24.1 Å². The zero-order valence-electron chi connectivity index (χ0n) is 6.86. The van der Waals surface area contributed by atoms with Crippen LogP contribution in [0.1, 0.15) is 5.69 Å². The van der Waals surface area contributed by atoms with E-state index in [2.05, 4.69) is 0 Å². The Labute approximate surface area is 70.7 Å². The summed E-state index contributed by atoms with van der Waals surface area (Å²) in [6.45, 7) is 1.89. The lowest BCUT2D eigenvalue weighted by Crippen LogP contribution is -2.32. The lowest BCUT2D eigenvalue weighted by atomic mass is 10.1. The lowest BCUT2D eigenvalue weighted by Gasteiger charge is -1.95. The number of aryl methyl sites for hydroxylation is 1. The van der Waals surface area contributed by atoms with Gasteiger partial charge in [-0.3, -0.25) is 5.21 Å². The van der Waals surface area contributed by atoms with Gasteiger partial charge in [0, 0.05) is 17.7 Å². The van der Waals surface area contributed by atoms with Crippen LogP contribution >= 0.6 is 0 Å². The number of hydrogen-bond donors (Lipinski definition) is 1. The van der Waals surface area contributed by atoms with Crippen LogP contribution in [0.5, 0.6) is 0 Å². The van der Waals surface area contributed by atoms with Gasteiger partial charge in [0.1, 0.15) is 0 Å². The third kappa shape index (κ3) is 0.925. The quantitative estimate of drug-likeness (QED) is 0.460. The molecular formula is C10H10NO+. The van der Waals surface area contributed by atoms with Crippen molar-refractivity contribution < 1.29 is 9.94 Å². The maximum Gasteiger partial charge on any atom is 0.238 e. The van der Waals surface area contributed by atoms with Gasteiger partial charge in [0.15, 0.2) is 0 Å². The van der Waals surface area contributed by atoms with E-state index in [1.165, 1.54) is 0 Å². The van der Waals surface area contributed by atoms with Crippen molar-refractivity contribution in [3.63, 3.8) is 0 Å². The van der Waals surface area contributed by atoms with Gasteiger partial charge in [-0.25, -0.2) is 0 Å². The fourth-order valence-corrected chi connectivity index (χ4v) is 1.36. The molecule has 1 aromatic heterocycles. The highest BCUT2D eigenvalue weighted by Crippen LogP contribution is 2.13. The van der Waals surface area contributed by atoms with Crippen molar-refractivity contribution in [1.29, 1.82) is 0 Å². The number of hydrogen-bond acceptors (Lipinski definition) is 1. The molecule has 0 bridgehead atoms. The molecule has 2 nitrogen and oxygen atoms in total. The molecule has 0 radical (unpaired) electrons. The number of rotatable bonds is 0. The molecule has 0 saturated heterocycles. The molecule has 1 heterocycles. The summed E-state index contributed by atoms with van der Waals surface area (Å²) in [5, 5.41) is 11.6. The summed E-state index contributed by atoms with van der Waals surface area (Å²) >= 11 is 0. The van der Waals surface area contributed by atoms with E-state index in [4.69, 9.17) is 0 Å². The Bertz CT molecular complexity index is 423. The van der Waals surface area contributed by atoms with E-state index in [1.807, 2.05) is 37.3 Å². The van der Waals surface area contributed by atoms with Crippen LogP contribution in [0.4, 0.5) is 0 Å². The predicted octanol–water partition coefficient (Wildman–Crippen LogP) is 1.67. The molecule has 0 amide bonds. The average Bonchev–Trinajstić information content (AvgIpc) is 2.12. The molecule has 12 heavy (non-hydrogen) atoms. The number of benzene rings is 1. The molecule has 0 aliphatic carbocycles. The summed E-state index contributed by atoms with van der Waals surface area (Å²) in [7, 11) is 0. The molecule has 0 unspecified atom stereocenters. The molecule has 2 rings (SSSR count). The minimum atomic E-state index is 0.869. The Morgan fingerprint density at radius 3 is 2.75 bits per heavy atom. The fourth-order valence-electron chi connectivity index (χ4n) is 1.36. The molecule has 2 aromatic rings. The van der Waals surface area contributed by atoms with Crippen molar-refractivity contribution >= 4 is 10.8 Å². The summed E-state index contributed by atoms with van der Waals surface area (Å²) in [6.07, 6.45) is 1.65. The van der Waals surface area contributed by atoms with Gasteiger partial charge < -0.3 is 0 Å². The SMILES string of the molecule is Cc1c2ccccc2cc[n+]1O. The van der Waals surface area contributed by atoms with Crippen LogP contribution in [0.3, 0.4) is 0 Å². The normalized spacial score (nSPS) is 10.4. The van der Waals surface area contributed by atoms with Crippen molar-refractivity contribution in [2.45, 2.75) is 6.92 Å². The maximum absolute atomic E-state index is 9.33. The van der Waals surface area contributed by atoms with E-state index in [9.17, 15) is 5.21 Å². The highest BCUT2D eigenvalue weighted by atomic mass is 16.5. The van der Waals surface area contributed by atoms with Crippen molar-refractivity contribution in [2.75, 3.05) is 0 Å². The number of pyridine rings is 1. The van der Waals surface area contributed by atoms with E-state index >= 15 is 0 Å². The van der Waals surface area contributed by atoms with Gasteiger partial charge in [0.2, 0.25) is 11.9 Å². The highest BCUT2D eigenvalue weighted by molar-refractivity contribution is 5.82. The molecule has 0 atom stereocenters. The largest absolute Gasteiger partial charge is 0.285 e. The minimum absolute atomic E-state index is 0.869. The summed E-state index contributed by atoms with van der Waals surface area (Å²) in [5.41, 5.74) is 0.869. The smallest absolute Gasteiger partial charge is 0.238 e. The highest BCUT2D eigenvalue weighted by Gasteiger charge is 2.07. The van der Waals surface area contributed by atoms with Gasteiger partial charge in [-0.2, -0.15) is 0 Å². The Hall–Kier alpha value is -1.57. The first kappa shape index (κ1) is 7.10. The molecule has 1 N–H and O–H groups in total. The third-order valence-corrected chi connectivity index (χ3v) is 2.09. The predicted molar refractivity (Wildman–Crippen MR) is 46.1 cm³/mol. The number of nitrogens with zero attached hydrogens (tertiary/aromatic N) is 1. The zero-order valence-corrected chi connectivity index (χ0v) is 6.86. The van der Waals surface area contributed by atoms with Gasteiger partial charge in [-0.05, 0) is 11.5 Å². The van der Waals surface area contributed by atoms with Crippen LogP contribution in [-0.4, -0.2) is 5.21 Å². The molecule has 60 valence electrons. The van der Waals surface area contributed by atoms with Crippen molar-refractivity contribution in [1.82, 2.24) is 0 Å². The third-order valence-electron chi connectivity index (χ3n) is 2.09. The number of aromatic nitrogens is 1. The Morgan fingerprint density at radius 1 is 1.17 bits per heavy atom. The van der Waals surface area contributed by atoms with Crippen LogP contribution in [0.15, 0.2) is 36.5 Å². The van der Waals surface area contributed by atoms with Crippen molar-refractivity contribution in [2.24, 2.45) is 0 Å². The number of fused-ring (bicyclic) bond motifs is 1. The van der Waals surface area contributed by atoms with Gasteiger partial charge in [-0.15, -0.1) is 0 Å². The van der Waals surface area contributed by atoms with E-state index in [-0.39, 0.29) is 0 Å². The van der Waals surface area contributed by atoms with E-state index < -0.39 is 0 Å². The van der Waals surface area contributed by atoms with Crippen LogP contribution in [0, 0.1) is 6.92 Å². The van der Waals surface area contributed by atoms with Crippen LogP contribution in [-0.2, 0) is 0 Å². The molecule has 0 spiro atoms. The van der Waals surface area contributed by atoms with Crippen molar-refractivity contribution in [3.05, 3.63) is 42.2 Å². The molecule has 0 saturated carbocycles. The van der Waals surface area contributed by atoms with Gasteiger partial charge in [0.25, 0.3) is 0 Å².